The summed E-state index contributed by atoms with van der Waals surface area (Å²) in [6.07, 6.45) is 0.516. The van der Waals surface area contributed by atoms with Gasteiger partial charge in [0, 0.05) is 11.3 Å². The molecule has 0 bridgehead atoms. The molecule has 0 saturated heterocycles. The Kier molecular flexibility index (Phi) is 5.97. The highest BCUT2D eigenvalue weighted by Crippen LogP contribution is 2.23. The summed E-state index contributed by atoms with van der Waals surface area (Å²) in [4.78, 5) is 27.4. The van der Waals surface area contributed by atoms with Crippen molar-refractivity contribution in [2.45, 2.75) is 23.8 Å². The van der Waals surface area contributed by atoms with Crippen molar-refractivity contribution in [3.8, 4) is 11.3 Å². The zero-order valence-electron chi connectivity index (χ0n) is 14.5. The Hall–Kier alpha value is -3.00. The molecule has 0 aliphatic heterocycles. The van der Waals surface area contributed by atoms with Gasteiger partial charge in [-0.25, -0.2) is 4.39 Å². The number of anilines is 1. The number of rotatable bonds is 6. The molecule has 0 aliphatic rings. The highest BCUT2D eigenvalue weighted by Gasteiger charge is 2.20. The van der Waals surface area contributed by atoms with E-state index in [1.54, 1.807) is 12.1 Å². The maximum absolute atomic E-state index is 13.0. The Morgan fingerprint density at radius 3 is 2.48 bits per heavy atom. The van der Waals surface area contributed by atoms with E-state index < -0.39 is 5.25 Å². The average Bonchev–Trinajstić information content (AvgIpc) is 2.68. The van der Waals surface area contributed by atoms with Crippen molar-refractivity contribution in [2.75, 3.05) is 5.32 Å². The molecule has 3 aromatic rings. The van der Waals surface area contributed by atoms with E-state index in [0.29, 0.717) is 17.7 Å². The lowest BCUT2D eigenvalue weighted by Crippen LogP contribution is -2.25. The van der Waals surface area contributed by atoms with Crippen LogP contribution in [0.5, 0.6) is 0 Å². The maximum Gasteiger partial charge on any atom is 0.278 e. The second-order valence-electron chi connectivity index (χ2n) is 5.68. The van der Waals surface area contributed by atoms with Crippen molar-refractivity contribution in [1.29, 1.82) is 0 Å². The van der Waals surface area contributed by atoms with Crippen LogP contribution in [0.25, 0.3) is 11.3 Å². The highest BCUT2D eigenvalue weighted by atomic mass is 32.2. The van der Waals surface area contributed by atoms with E-state index in [0.717, 1.165) is 11.8 Å². The molecule has 8 heteroatoms. The average molecular weight is 384 g/mol. The summed E-state index contributed by atoms with van der Waals surface area (Å²) in [5, 5.41) is 10.5. The van der Waals surface area contributed by atoms with Crippen LogP contribution in [0.1, 0.15) is 13.3 Å². The predicted octanol–water partition coefficient (Wildman–Crippen LogP) is 3.48. The number of carbonyl (C=O) groups excluding carboxylic acids is 1. The second-order valence-corrected chi connectivity index (χ2v) is 6.88. The van der Waals surface area contributed by atoms with Gasteiger partial charge in [-0.05, 0) is 30.7 Å². The number of nitrogens with one attached hydrogen (secondary N) is 2. The number of amides is 1. The molecule has 6 nitrogen and oxygen atoms in total. The Bertz CT molecular complexity index is 977. The SMILES string of the molecule is CCC(Sc1nnc(-c2ccccc2)c(=O)[nH]1)C(=O)Nc1ccc(F)cc1. The van der Waals surface area contributed by atoms with E-state index >= 15 is 0 Å². The zero-order valence-corrected chi connectivity index (χ0v) is 15.3. The monoisotopic (exact) mass is 384 g/mol. The highest BCUT2D eigenvalue weighted by molar-refractivity contribution is 8.00. The minimum absolute atomic E-state index is 0.226. The van der Waals surface area contributed by atoms with Crippen LogP contribution in [-0.4, -0.2) is 26.3 Å². The number of thioether (sulfide) groups is 1. The van der Waals surface area contributed by atoms with E-state index in [1.807, 2.05) is 25.1 Å². The van der Waals surface area contributed by atoms with E-state index in [1.165, 1.54) is 24.3 Å². The van der Waals surface area contributed by atoms with E-state index in [-0.39, 0.29) is 28.1 Å². The lowest BCUT2D eigenvalue weighted by Gasteiger charge is -2.14. The fraction of sp³-hybridized carbons (Fsp3) is 0.158. The molecule has 1 aromatic heterocycles. The fourth-order valence-electron chi connectivity index (χ4n) is 2.37. The van der Waals surface area contributed by atoms with Gasteiger partial charge in [-0.2, -0.15) is 0 Å². The minimum atomic E-state index is -0.484. The van der Waals surface area contributed by atoms with Gasteiger partial charge < -0.3 is 5.32 Å². The Morgan fingerprint density at radius 1 is 1.15 bits per heavy atom. The summed E-state index contributed by atoms with van der Waals surface area (Å²) in [6, 6.07) is 14.5. The summed E-state index contributed by atoms with van der Waals surface area (Å²) in [5.41, 5.74) is 1.03. The Balaban J connectivity index is 1.72. The van der Waals surface area contributed by atoms with Crippen molar-refractivity contribution in [3.63, 3.8) is 0 Å². The number of hydrogen-bond donors (Lipinski definition) is 2. The molecule has 138 valence electrons. The molecule has 3 rings (SSSR count). The van der Waals surface area contributed by atoms with Gasteiger partial charge in [0.05, 0.1) is 5.25 Å². The molecule has 0 aliphatic carbocycles. The van der Waals surface area contributed by atoms with Crippen molar-refractivity contribution in [2.24, 2.45) is 0 Å². The van der Waals surface area contributed by atoms with Gasteiger partial charge >= 0.3 is 0 Å². The van der Waals surface area contributed by atoms with Crippen LogP contribution in [-0.2, 0) is 4.79 Å². The van der Waals surface area contributed by atoms with Crippen molar-refractivity contribution >= 4 is 23.4 Å². The number of halogens is 1. The summed E-state index contributed by atoms with van der Waals surface area (Å²) in [5.74, 6) is -0.635. The van der Waals surface area contributed by atoms with Crippen molar-refractivity contribution < 1.29 is 9.18 Å². The molecule has 0 saturated carbocycles. The number of benzene rings is 2. The minimum Gasteiger partial charge on any atom is -0.325 e. The molecular formula is C19H17FN4O2S. The van der Waals surface area contributed by atoms with Gasteiger partial charge in [0.2, 0.25) is 5.91 Å². The van der Waals surface area contributed by atoms with Gasteiger partial charge in [0.1, 0.15) is 5.82 Å². The number of nitrogens with zero attached hydrogens (tertiary/aromatic N) is 2. The zero-order chi connectivity index (χ0) is 19.2. The first kappa shape index (κ1) is 18.8. The molecule has 1 atom stereocenters. The van der Waals surface area contributed by atoms with Crippen LogP contribution in [0, 0.1) is 5.82 Å². The van der Waals surface area contributed by atoms with Crippen LogP contribution in [0.2, 0.25) is 0 Å². The van der Waals surface area contributed by atoms with Crippen molar-refractivity contribution in [1.82, 2.24) is 15.2 Å². The van der Waals surface area contributed by atoms with Crippen LogP contribution in [0.15, 0.2) is 64.5 Å². The predicted molar refractivity (Wildman–Crippen MR) is 103 cm³/mol. The van der Waals surface area contributed by atoms with Gasteiger partial charge in [-0.1, -0.05) is 49.0 Å². The lowest BCUT2D eigenvalue weighted by molar-refractivity contribution is -0.115. The van der Waals surface area contributed by atoms with E-state index in [2.05, 4.69) is 20.5 Å². The standard InChI is InChI=1S/C19H17FN4O2S/c1-2-15(17(25)21-14-10-8-13(20)9-11-14)27-19-22-18(26)16(23-24-19)12-6-4-3-5-7-12/h3-11,15H,2H2,1H3,(H,21,25)(H,22,24,26). The summed E-state index contributed by atoms with van der Waals surface area (Å²) < 4.78 is 13.0. The molecule has 2 aromatic carbocycles. The fourth-order valence-corrected chi connectivity index (χ4v) is 3.21. The van der Waals surface area contributed by atoms with Gasteiger partial charge in [-0.15, -0.1) is 10.2 Å². The first-order valence-corrected chi connectivity index (χ1v) is 9.20. The molecule has 2 N–H and O–H groups in total. The summed E-state index contributed by atoms with van der Waals surface area (Å²) in [6.45, 7) is 1.85. The maximum atomic E-state index is 13.0. The molecular weight excluding hydrogens is 367 g/mol. The molecule has 1 heterocycles. The lowest BCUT2D eigenvalue weighted by atomic mass is 10.2. The molecule has 0 fully saturated rings. The third-order valence-electron chi connectivity index (χ3n) is 3.75. The first-order valence-electron chi connectivity index (χ1n) is 8.32. The van der Waals surface area contributed by atoms with Crippen LogP contribution in [0.4, 0.5) is 10.1 Å². The smallest absolute Gasteiger partial charge is 0.278 e. The van der Waals surface area contributed by atoms with E-state index in [4.69, 9.17) is 0 Å². The molecule has 27 heavy (non-hydrogen) atoms. The number of H-pyrrole nitrogens is 1. The van der Waals surface area contributed by atoms with Crippen LogP contribution < -0.4 is 10.9 Å². The molecule has 1 unspecified atom stereocenters. The topological polar surface area (TPSA) is 87.7 Å². The molecule has 0 spiro atoms. The number of hydrogen-bond acceptors (Lipinski definition) is 5. The number of aromatic amines is 1. The van der Waals surface area contributed by atoms with Crippen LogP contribution in [0.3, 0.4) is 0 Å². The third kappa shape index (κ3) is 4.79. The molecule has 0 radical (unpaired) electrons. The summed E-state index contributed by atoms with van der Waals surface area (Å²) in [7, 11) is 0. The van der Waals surface area contributed by atoms with Crippen LogP contribution >= 0.6 is 11.8 Å². The quantitative estimate of drug-likeness (QED) is 0.635. The van der Waals surface area contributed by atoms with Gasteiger partial charge in [-0.3, -0.25) is 14.6 Å². The Labute approximate surface area is 159 Å². The normalized spacial score (nSPS) is 11.8. The van der Waals surface area contributed by atoms with Gasteiger partial charge in [0.25, 0.3) is 5.56 Å². The molecule has 1 amide bonds. The van der Waals surface area contributed by atoms with Gasteiger partial charge in [0.15, 0.2) is 10.9 Å². The Morgan fingerprint density at radius 2 is 1.85 bits per heavy atom. The second kappa shape index (κ2) is 8.59. The third-order valence-corrected chi connectivity index (χ3v) is 4.99. The first-order chi connectivity index (χ1) is 13.1. The number of aromatic nitrogens is 3. The van der Waals surface area contributed by atoms with Crippen molar-refractivity contribution in [3.05, 3.63) is 70.8 Å². The summed E-state index contributed by atoms with van der Waals surface area (Å²) >= 11 is 1.12. The number of carbonyl (C=O) groups is 1. The largest absolute Gasteiger partial charge is 0.325 e. The van der Waals surface area contributed by atoms with E-state index in [9.17, 15) is 14.0 Å².